The van der Waals surface area contributed by atoms with E-state index in [1.54, 1.807) is 17.9 Å². The second-order valence-corrected chi connectivity index (χ2v) is 4.49. The summed E-state index contributed by atoms with van der Waals surface area (Å²) in [6.45, 7) is 0.423. The van der Waals surface area contributed by atoms with Gasteiger partial charge in [-0.25, -0.2) is 4.98 Å². The zero-order chi connectivity index (χ0) is 13.1. The van der Waals surface area contributed by atoms with Gasteiger partial charge in [0.05, 0.1) is 17.2 Å². The highest BCUT2D eigenvalue weighted by Crippen LogP contribution is 2.25. The molecule has 0 fully saturated rings. The Balaban J connectivity index is 2.19. The van der Waals surface area contributed by atoms with Crippen molar-refractivity contribution in [3.8, 4) is 0 Å². The van der Waals surface area contributed by atoms with Gasteiger partial charge in [0.2, 0.25) is 5.82 Å². The van der Waals surface area contributed by atoms with Crippen LogP contribution in [0.3, 0.4) is 0 Å². The van der Waals surface area contributed by atoms with Crippen LogP contribution < -0.4 is 5.32 Å². The molecule has 0 unspecified atom stereocenters. The summed E-state index contributed by atoms with van der Waals surface area (Å²) in [6.07, 6.45) is 3.18. The molecule has 7 nitrogen and oxygen atoms in total. The second kappa shape index (κ2) is 5.13. The number of rotatable bonds is 4. The molecule has 2 heterocycles. The van der Waals surface area contributed by atoms with E-state index in [0.29, 0.717) is 11.0 Å². The summed E-state index contributed by atoms with van der Waals surface area (Å²) in [6, 6.07) is 3.25. The highest BCUT2D eigenvalue weighted by Gasteiger charge is 2.15. The van der Waals surface area contributed by atoms with E-state index in [-0.39, 0.29) is 11.5 Å². The van der Waals surface area contributed by atoms with Crippen LogP contribution in [0.25, 0.3) is 0 Å². The number of pyridine rings is 1. The number of hydrogen-bond acceptors (Lipinski definition) is 5. The summed E-state index contributed by atoms with van der Waals surface area (Å²) >= 11 is 3.16. The third-order valence-electron chi connectivity index (χ3n) is 2.39. The number of nitrogens with zero attached hydrogens (tertiary/aromatic N) is 4. The van der Waals surface area contributed by atoms with E-state index in [4.69, 9.17) is 0 Å². The molecule has 1 N–H and O–H groups in total. The van der Waals surface area contributed by atoms with E-state index in [1.807, 2.05) is 6.07 Å². The third-order valence-corrected chi connectivity index (χ3v) is 2.82. The van der Waals surface area contributed by atoms with Gasteiger partial charge in [-0.2, -0.15) is 5.10 Å². The van der Waals surface area contributed by atoms with Gasteiger partial charge in [-0.15, -0.1) is 0 Å². The van der Waals surface area contributed by atoms with E-state index >= 15 is 0 Å². The van der Waals surface area contributed by atoms with Gasteiger partial charge < -0.3 is 5.32 Å². The maximum atomic E-state index is 10.9. The zero-order valence-corrected chi connectivity index (χ0v) is 11.1. The molecule has 2 aromatic heterocycles. The number of halogens is 1. The smallest absolute Gasteiger partial charge is 0.312 e. The molecule has 0 saturated carbocycles. The number of aromatic nitrogens is 3. The SMILES string of the molecule is Cn1nccc1CNc1ncc(Br)cc1[N+](=O)[O-]. The molecule has 0 aliphatic rings. The van der Waals surface area contributed by atoms with Crippen molar-refractivity contribution in [2.24, 2.45) is 7.05 Å². The van der Waals surface area contributed by atoms with Crippen molar-refractivity contribution in [2.45, 2.75) is 6.54 Å². The summed E-state index contributed by atoms with van der Waals surface area (Å²) in [5, 5.41) is 17.8. The van der Waals surface area contributed by atoms with Crippen molar-refractivity contribution in [2.75, 3.05) is 5.32 Å². The van der Waals surface area contributed by atoms with Gasteiger partial charge in [0.1, 0.15) is 0 Å². The Morgan fingerprint density at radius 2 is 2.39 bits per heavy atom. The minimum absolute atomic E-state index is 0.0634. The van der Waals surface area contributed by atoms with E-state index in [0.717, 1.165) is 5.69 Å². The fraction of sp³-hybridized carbons (Fsp3) is 0.200. The number of nitro groups is 1. The van der Waals surface area contributed by atoms with Crippen LogP contribution in [0.5, 0.6) is 0 Å². The molecular weight excluding hydrogens is 302 g/mol. The first-order valence-corrected chi connectivity index (χ1v) is 5.88. The van der Waals surface area contributed by atoms with Crippen molar-refractivity contribution in [3.05, 3.63) is 44.8 Å². The van der Waals surface area contributed by atoms with E-state index in [2.05, 4.69) is 31.3 Å². The number of anilines is 1. The van der Waals surface area contributed by atoms with Gasteiger partial charge in [0.25, 0.3) is 0 Å². The maximum absolute atomic E-state index is 10.9. The quantitative estimate of drug-likeness (QED) is 0.690. The summed E-state index contributed by atoms with van der Waals surface area (Å²) in [5.41, 5.74) is 0.848. The van der Waals surface area contributed by atoms with Crippen LogP contribution in [0.2, 0.25) is 0 Å². The van der Waals surface area contributed by atoms with Crippen LogP contribution in [0.15, 0.2) is 29.0 Å². The Morgan fingerprint density at radius 1 is 1.61 bits per heavy atom. The lowest BCUT2D eigenvalue weighted by molar-refractivity contribution is -0.384. The Bertz CT molecular complexity index is 583. The molecule has 0 aromatic carbocycles. The fourth-order valence-corrected chi connectivity index (χ4v) is 1.77. The molecule has 0 radical (unpaired) electrons. The first-order chi connectivity index (χ1) is 8.58. The van der Waals surface area contributed by atoms with Gasteiger partial charge in [-0.1, -0.05) is 0 Å². The third kappa shape index (κ3) is 2.65. The standard InChI is InChI=1S/C10H10BrN5O2/c1-15-8(2-3-14-15)6-13-10-9(16(17)18)4-7(11)5-12-10/h2-5H,6H2,1H3,(H,12,13). The lowest BCUT2D eigenvalue weighted by Crippen LogP contribution is -2.08. The molecular formula is C10H10BrN5O2. The van der Waals surface area contributed by atoms with Gasteiger partial charge in [-0.05, 0) is 22.0 Å². The van der Waals surface area contributed by atoms with E-state index < -0.39 is 4.92 Å². The summed E-state index contributed by atoms with van der Waals surface area (Å²) in [7, 11) is 1.81. The molecule has 18 heavy (non-hydrogen) atoms. The molecule has 94 valence electrons. The Kier molecular flexibility index (Phi) is 3.56. The molecule has 0 amide bonds. The number of hydrogen-bond donors (Lipinski definition) is 1. The lowest BCUT2D eigenvalue weighted by Gasteiger charge is -2.06. The zero-order valence-electron chi connectivity index (χ0n) is 9.50. The number of aryl methyl sites for hydroxylation is 1. The van der Waals surface area contributed by atoms with Crippen molar-refractivity contribution >= 4 is 27.4 Å². The molecule has 0 aliphatic heterocycles. The van der Waals surface area contributed by atoms with Crippen molar-refractivity contribution in [1.82, 2.24) is 14.8 Å². The summed E-state index contributed by atoms with van der Waals surface area (Å²) < 4.78 is 2.26. The normalized spacial score (nSPS) is 10.3. The topological polar surface area (TPSA) is 85.9 Å². The molecule has 0 saturated heterocycles. The van der Waals surface area contributed by atoms with Crippen molar-refractivity contribution in [3.63, 3.8) is 0 Å². The minimum Gasteiger partial charge on any atom is -0.359 e. The number of nitrogens with one attached hydrogen (secondary N) is 1. The maximum Gasteiger partial charge on any atom is 0.312 e. The van der Waals surface area contributed by atoms with Crippen LogP contribution >= 0.6 is 15.9 Å². The molecule has 2 rings (SSSR count). The molecule has 8 heteroatoms. The summed E-state index contributed by atoms with van der Waals surface area (Å²) in [5.74, 6) is 0.240. The Morgan fingerprint density at radius 3 is 3.00 bits per heavy atom. The highest BCUT2D eigenvalue weighted by molar-refractivity contribution is 9.10. The Hall–Kier alpha value is -1.96. The van der Waals surface area contributed by atoms with Crippen LogP contribution in [-0.4, -0.2) is 19.7 Å². The van der Waals surface area contributed by atoms with Gasteiger partial charge in [0, 0.05) is 30.0 Å². The predicted molar refractivity (Wildman–Crippen MR) is 69.1 cm³/mol. The molecule has 0 bridgehead atoms. The van der Waals surface area contributed by atoms with Crippen LogP contribution in [0, 0.1) is 10.1 Å². The summed E-state index contributed by atoms with van der Waals surface area (Å²) in [4.78, 5) is 14.4. The molecule has 0 aliphatic carbocycles. The first-order valence-electron chi connectivity index (χ1n) is 5.08. The molecule has 0 atom stereocenters. The van der Waals surface area contributed by atoms with Gasteiger partial charge in [-0.3, -0.25) is 14.8 Å². The van der Waals surface area contributed by atoms with Crippen molar-refractivity contribution in [1.29, 1.82) is 0 Å². The lowest BCUT2D eigenvalue weighted by atomic mass is 10.3. The monoisotopic (exact) mass is 311 g/mol. The van der Waals surface area contributed by atoms with Crippen LogP contribution in [0.1, 0.15) is 5.69 Å². The van der Waals surface area contributed by atoms with Crippen LogP contribution in [0.4, 0.5) is 11.5 Å². The van der Waals surface area contributed by atoms with E-state index in [9.17, 15) is 10.1 Å². The van der Waals surface area contributed by atoms with Crippen LogP contribution in [-0.2, 0) is 13.6 Å². The second-order valence-electron chi connectivity index (χ2n) is 3.58. The van der Waals surface area contributed by atoms with Gasteiger partial charge >= 0.3 is 5.69 Å². The average Bonchev–Trinajstić information content (AvgIpc) is 2.73. The molecule has 2 aromatic rings. The Labute approximate surface area is 111 Å². The van der Waals surface area contributed by atoms with Crippen molar-refractivity contribution < 1.29 is 4.92 Å². The highest BCUT2D eigenvalue weighted by atomic mass is 79.9. The largest absolute Gasteiger partial charge is 0.359 e. The first kappa shape index (κ1) is 12.5. The van der Waals surface area contributed by atoms with Gasteiger partial charge in [0.15, 0.2) is 0 Å². The minimum atomic E-state index is -0.469. The predicted octanol–water partition coefficient (Wildman–Crippen LogP) is 2.10. The molecule has 0 spiro atoms. The van der Waals surface area contributed by atoms with E-state index in [1.165, 1.54) is 12.3 Å². The fourth-order valence-electron chi connectivity index (χ4n) is 1.45. The average molecular weight is 312 g/mol.